The molecule has 0 heterocycles. The van der Waals surface area contributed by atoms with Gasteiger partial charge in [0.2, 0.25) is 0 Å². The molecule has 0 aliphatic heterocycles. The summed E-state index contributed by atoms with van der Waals surface area (Å²) in [4.78, 5) is 0. The zero-order valence-electron chi connectivity index (χ0n) is 15.5. The lowest BCUT2D eigenvalue weighted by molar-refractivity contribution is 0.284. The highest BCUT2D eigenvalue weighted by Crippen LogP contribution is 2.36. The van der Waals surface area contributed by atoms with E-state index < -0.39 is 0 Å². The van der Waals surface area contributed by atoms with Crippen LogP contribution in [0.5, 0.6) is 11.5 Å². The number of hydrogen-bond donors (Lipinski definition) is 0. The third kappa shape index (κ3) is 5.63. The van der Waals surface area contributed by atoms with E-state index in [9.17, 15) is 5.26 Å². The zero-order valence-corrected chi connectivity index (χ0v) is 19.4. The van der Waals surface area contributed by atoms with Crippen LogP contribution in [-0.2, 0) is 6.61 Å². The molecule has 0 spiro atoms. The highest BCUT2D eigenvalue weighted by Gasteiger charge is 2.11. The second-order valence-electron chi connectivity index (χ2n) is 6.12. The van der Waals surface area contributed by atoms with Gasteiger partial charge < -0.3 is 9.47 Å². The van der Waals surface area contributed by atoms with E-state index in [-0.39, 0.29) is 0 Å². The van der Waals surface area contributed by atoms with Gasteiger partial charge in [-0.25, -0.2) is 0 Å². The molecule has 0 amide bonds. The van der Waals surface area contributed by atoms with Crippen LogP contribution < -0.4 is 9.47 Å². The molecule has 3 aromatic rings. The second kappa shape index (κ2) is 9.98. The molecule has 29 heavy (non-hydrogen) atoms. The molecule has 0 N–H and O–H groups in total. The van der Waals surface area contributed by atoms with Gasteiger partial charge in [0.25, 0.3) is 0 Å². The molecule has 3 nitrogen and oxygen atoms in total. The maximum Gasteiger partial charge on any atom is 0.162 e. The van der Waals surface area contributed by atoms with Crippen molar-refractivity contribution in [3.05, 3.63) is 91.3 Å². The summed E-state index contributed by atoms with van der Waals surface area (Å²) < 4.78 is 13.2. The molecular weight excluding hydrogens is 518 g/mol. The van der Waals surface area contributed by atoms with Gasteiger partial charge in [0.05, 0.1) is 18.8 Å². The number of nitriles is 1. The predicted octanol–water partition coefficient (Wildman–Crippen LogP) is 7.52. The molecule has 6 heteroatoms. The number of allylic oxidation sites excluding steroid dienone is 1. The number of nitrogens with zero attached hydrogens (tertiary/aromatic N) is 1. The molecular formula is C23H16Br2ClNO2. The Labute approximate surface area is 191 Å². The van der Waals surface area contributed by atoms with Crippen molar-refractivity contribution in [2.45, 2.75) is 6.61 Å². The molecule has 0 radical (unpaired) electrons. The van der Waals surface area contributed by atoms with Crippen molar-refractivity contribution in [2.24, 2.45) is 0 Å². The van der Waals surface area contributed by atoms with Gasteiger partial charge in [0.15, 0.2) is 11.5 Å². The molecule has 0 saturated carbocycles. The number of ether oxygens (including phenoxy) is 2. The molecule has 0 unspecified atom stereocenters. The smallest absolute Gasteiger partial charge is 0.162 e. The van der Waals surface area contributed by atoms with E-state index in [2.05, 4.69) is 37.9 Å². The highest BCUT2D eigenvalue weighted by atomic mass is 79.9. The summed E-state index contributed by atoms with van der Waals surface area (Å²) in [6, 6.07) is 21.0. The van der Waals surface area contributed by atoms with E-state index in [0.717, 1.165) is 25.6 Å². The summed E-state index contributed by atoms with van der Waals surface area (Å²) in [6.45, 7) is 0.386. The summed E-state index contributed by atoms with van der Waals surface area (Å²) in [5, 5.41) is 10.3. The van der Waals surface area contributed by atoms with Gasteiger partial charge in [-0.3, -0.25) is 0 Å². The lowest BCUT2D eigenvalue weighted by Crippen LogP contribution is -1.98. The third-order valence-corrected chi connectivity index (χ3v) is 5.63. The van der Waals surface area contributed by atoms with Crippen molar-refractivity contribution in [3.63, 3.8) is 0 Å². The van der Waals surface area contributed by atoms with Crippen molar-refractivity contribution in [2.75, 3.05) is 7.11 Å². The summed E-state index contributed by atoms with van der Waals surface area (Å²) in [7, 11) is 1.59. The van der Waals surface area contributed by atoms with Gasteiger partial charge in [0, 0.05) is 14.0 Å². The molecule has 0 atom stereocenters. The van der Waals surface area contributed by atoms with Crippen LogP contribution in [0.3, 0.4) is 0 Å². The van der Waals surface area contributed by atoms with Gasteiger partial charge in [-0.15, -0.1) is 0 Å². The number of halogens is 3. The van der Waals surface area contributed by atoms with E-state index >= 15 is 0 Å². The van der Waals surface area contributed by atoms with E-state index in [1.165, 1.54) is 0 Å². The van der Waals surface area contributed by atoms with E-state index in [1.54, 1.807) is 7.11 Å². The van der Waals surface area contributed by atoms with Crippen LogP contribution in [0.1, 0.15) is 16.7 Å². The Morgan fingerprint density at radius 2 is 1.72 bits per heavy atom. The molecule has 0 aliphatic carbocycles. The van der Waals surface area contributed by atoms with Crippen molar-refractivity contribution in [1.29, 1.82) is 5.26 Å². The first kappa shape index (κ1) is 21.4. The molecule has 3 rings (SSSR count). The van der Waals surface area contributed by atoms with Crippen LogP contribution in [-0.4, -0.2) is 7.11 Å². The lowest BCUT2D eigenvalue weighted by Gasteiger charge is -2.13. The van der Waals surface area contributed by atoms with Crippen LogP contribution in [0.15, 0.2) is 69.6 Å². The Bertz CT molecular complexity index is 1070. The van der Waals surface area contributed by atoms with Gasteiger partial charge in [-0.05, 0) is 59.2 Å². The molecule has 0 fully saturated rings. The Hall–Kier alpha value is -2.26. The Morgan fingerprint density at radius 1 is 1.03 bits per heavy atom. The number of rotatable bonds is 6. The van der Waals surface area contributed by atoms with E-state index in [0.29, 0.717) is 28.7 Å². The normalized spacial score (nSPS) is 11.1. The lowest BCUT2D eigenvalue weighted by atomic mass is 10.0. The molecule has 0 aromatic heterocycles. The predicted molar refractivity (Wildman–Crippen MR) is 124 cm³/mol. The number of methoxy groups -OCH3 is 1. The summed E-state index contributed by atoms with van der Waals surface area (Å²) in [6.07, 6.45) is 1.82. The summed E-state index contributed by atoms with van der Waals surface area (Å²) >= 11 is 12.9. The van der Waals surface area contributed by atoms with Gasteiger partial charge in [0.1, 0.15) is 6.61 Å². The van der Waals surface area contributed by atoms with E-state index in [1.807, 2.05) is 66.7 Å². The molecule has 3 aromatic carbocycles. The molecule has 146 valence electrons. The maximum atomic E-state index is 9.60. The standard InChI is InChI=1S/C23H16Br2ClNO2/c1-28-22-11-17(10-18(13-27)16-4-6-19(24)7-5-16)21(25)12-23(22)29-14-15-2-8-20(26)9-3-15/h2-12H,14H2,1H3. The van der Waals surface area contributed by atoms with E-state index in [4.69, 9.17) is 21.1 Å². The fourth-order valence-corrected chi connectivity index (χ4v) is 3.47. The largest absolute Gasteiger partial charge is 0.493 e. The summed E-state index contributed by atoms with van der Waals surface area (Å²) in [5.41, 5.74) is 3.21. The Balaban J connectivity index is 1.88. The SMILES string of the molecule is COc1cc(C=C(C#N)c2ccc(Br)cc2)c(Br)cc1OCc1ccc(Cl)cc1. The fraction of sp³-hybridized carbons (Fsp3) is 0.0870. The third-order valence-electron chi connectivity index (χ3n) is 4.17. The number of hydrogen-bond acceptors (Lipinski definition) is 3. The quantitative estimate of drug-likeness (QED) is 0.243. The fourth-order valence-electron chi connectivity index (χ4n) is 2.64. The first-order valence-corrected chi connectivity index (χ1v) is 10.6. The monoisotopic (exact) mass is 531 g/mol. The average Bonchev–Trinajstić information content (AvgIpc) is 2.73. The molecule has 0 bridgehead atoms. The van der Waals surface area contributed by atoms with Crippen LogP contribution in [0.4, 0.5) is 0 Å². The van der Waals surface area contributed by atoms with Crippen LogP contribution in [0.2, 0.25) is 5.02 Å². The topological polar surface area (TPSA) is 42.2 Å². The molecule has 0 saturated heterocycles. The van der Waals surface area contributed by atoms with Crippen molar-refractivity contribution in [3.8, 4) is 17.6 Å². The molecule has 0 aliphatic rings. The van der Waals surface area contributed by atoms with Crippen molar-refractivity contribution in [1.82, 2.24) is 0 Å². The van der Waals surface area contributed by atoms with Crippen LogP contribution in [0, 0.1) is 11.3 Å². The Kier molecular flexibility index (Phi) is 7.38. The maximum absolute atomic E-state index is 9.60. The minimum atomic E-state index is 0.386. The van der Waals surface area contributed by atoms with Crippen LogP contribution in [0.25, 0.3) is 11.6 Å². The first-order valence-electron chi connectivity index (χ1n) is 8.62. The minimum Gasteiger partial charge on any atom is -0.493 e. The summed E-state index contributed by atoms with van der Waals surface area (Å²) in [5.74, 6) is 1.19. The van der Waals surface area contributed by atoms with Gasteiger partial charge in [-0.1, -0.05) is 67.7 Å². The van der Waals surface area contributed by atoms with Crippen LogP contribution >= 0.6 is 43.5 Å². The van der Waals surface area contributed by atoms with Crippen molar-refractivity contribution < 1.29 is 9.47 Å². The minimum absolute atomic E-state index is 0.386. The Morgan fingerprint density at radius 3 is 2.34 bits per heavy atom. The van der Waals surface area contributed by atoms with Gasteiger partial charge in [-0.2, -0.15) is 5.26 Å². The second-order valence-corrected chi connectivity index (χ2v) is 8.32. The highest BCUT2D eigenvalue weighted by molar-refractivity contribution is 9.10. The van der Waals surface area contributed by atoms with Crippen molar-refractivity contribution >= 4 is 55.1 Å². The number of benzene rings is 3. The average molecular weight is 534 g/mol. The first-order chi connectivity index (χ1) is 14.0. The van der Waals surface area contributed by atoms with Gasteiger partial charge >= 0.3 is 0 Å². The zero-order chi connectivity index (χ0) is 20.8.